The van der Waals surface area contributed by atoms with E-state index in [1.54, 1.807) is 28.6 Å². The van der Waals surface area contributed by atoms with Crippen LogP contribution in [0.25, 0.3) is 5.69 Å². The molecule has 34 heavy (non-hydrogen) atoms. The predicted octanol–water partition coefficient (Wildman–Crippen LogP) is 2.47. The molecule has 0 aliphatic carbocycles. The molecule has 176 valence electrons. The van der Waals surface area contributed by atoms with Crippen molar-refractivity contribution in [2.45, 2.75) is 25.2 Å². The van der Waals surface area contributed by atoms with Crippen molar-refractivity contribution >= 4 is 17.5 Å². The maximum atomic E-state index is 13.2. The predicted molar refractivity (Wildman–Crippen MR) is 124 cm³/mol. The molecule has 1 aromatic heterocycles. The minimum Gasteiger partial charge on any atom is -0.342 e. The van der Waals surface area contributed by atoms with Crippen LogP contribution in [0.15, 0.2) is 59.4 Å². The lowest BCUT2D eigenvalue weighted by Crippen LogP contribution is -2.42. The maximum Gasteiger partial charge on any atom is 0.350 e. The zero-order valence-corrected chi connectivity index (χ0v) is 18.9. The maximum absolute atomic E-state index is 13.2. The lowest BCUT2D eigenvalue weighted by atomic mass is 9.94. The van der Waals surface area contributed by atoms with Crippen LogP contribution in [-0.2, 0) is 16.6 Å². The smallest absolute Gasteiger partial charge is 0.342 e. The van der Waals surface area contributed by atoms with Gasteiger partial charge in [-0.2, -0.15) is 5.10 Å². The first-order chi connectivity index (χ1) is 16.4. The lowest BCUT2D eigenvalue weighted by Gasteiger charge is -2.33. The highest BCUT2D eigenvalue weighted by molar-refractivity contribution is 6.00. The number of hydrogen-bond acceptors (Lipinski definition) is 4. The summed E-state index contributed by atoms with van der Waals surface area (Å²) in [4.78, 5) is 41.8. The van der Waals surface area contributed by atoms with E-state index in [1.807, 2.05) is 35.2 Å². The average Bonchev–Trinajstić information content (AvgIpc) is 3.39. The van der Waals surface area contributed by atoms with E-state index in [0.717, 1.165) is 5.69 Å². The topological polar surface area (TPSA) is 80.4 Å². The van der Waals surface area contributed by atoms with Crippen molar-refractivity contribution in [2.75, 3.05) is 24.5 Å². The van der Waals surface area contributed by atoms with Crippen LogP contribution in [-0.4, -0.2) is 50.7 Å². The Morgan fingerprint density at radius 1 is 0.971 bits per heavy atom. The van der Waals surface area contributed by atoms with Gasteiger partial charge in [-0.25, -0.2) is 18.4 Å². The molecule has 0 N–H and O–H groups in total. The molecule has 3 aromatic rings. The van der Waals surface area contributed by atoms with Crippen LogP contribution in [0.2, 0.25) is 0 Å². The van der Waals surface area contributed by atoms with E-state index >= 15 is 0 Å². The number of anilines is 1. The van der Waals surface area contributed by atoms with Crippen molar-refractivity contribution in [3.05, 3.63) is 76.7 Å². The van der Waals surface area contributed by atoms with Crippen molar-refractivity contribution in [3.8, 4) is 5.69 Å². The Labute approximate surface area is 196 Å². The number of carbonyl (C=O) groups excluding carboxylic acids is 2. The van der Waals surface area contributed by atoms with Crippen molar-refractivity contribution in [2.24, 2.45) is 13.0 Å². The highest BCUT2D eigenvalue weighted by Gasteiger charge is 2.38. The second kappa shape index (κ2) is 8.89. The largest absolute Gasteiger partial charge is 0.350 e. The molecule has 0 spiro atoms. The van der Waals surface area contributed by atoms with Gasteiger partial charge in [-0.1, -0.05) is 18.2 Å². The number of piperidine rings is 1. The van der Waals surface area contributed by atoms with Crippen LogP contribution in [0.1, 0.15) is 31.0 Å². The van der Waals surface area contributed by atoms with E-state index in [-0.39, 0.29) is 35.7 Å². The van der Waals surface area contributed by atoms with E-state index in [2.05, 4.69) is 5.10 Å². The average molecular weight is 464 g/mol. The fraction of sp³-hybridized carbons (Fsp3) is 0.360. The van der Waals surface area contributed by atoms with Gasteiger partial charge in [0, 0.05) is 44.7 Å². The van der Waals surface area contributed by atoms with Crippen LogP contribution in [0, 0.1) is 11.7 Å². The summed E-state index contributed by atoms with van der Waals surface area (Å²) in [5.41, 5.74) is 1.19. The highest BCUT2D eigenvalue weighted by atomic mass is 19.1. The molecule has 3 heterocycles. The molecule has 2 fully saturated rings. The second-order valence-corrected chi connectivity index (χ2v) is 8.92. The van der Waals surface area contributed by atoms with Gasteiger partial charge in [0.2, 0.25) is 11.8 Å². The summed E-state index contributed by atoms with van der Waals surface area (Å²) < 4.78 is 16.2. The molecule has 5 rings (SSSR count). The second-order valence-electron chi connectivity index (χ2n) is 8.92. The van der Waals surface area contributed by atoms with Crippen molar-refractivity contribution in [1.82, 2.24) is 19.2 Å². The molecule has 9 heteroatoms. The molecule has 0 radical (unpaired) electrons. The van der Waals surface area contributed by atoms with Crippen LogP contribution < -0.4 is 10.6 Å². The van der Waals surface area contributed by atoms with Gasteiger partial charge in [0.1, 0.15) is 11.6 Å². The number of carbonyl (C=O) groups is 2. The Balaban J connectivity index is 1.26. The third-order valence-corrected chi connectivity index (χ3v) is 6.75. The molecular formula is C25H26FN5O3. The number of aromatic nitrogens is 3. The fourth-order valence-corrected chi connectivity index (χ4v) is 4.93. The summed E-state index contributed by atoms with van der Waals surface area (Å²) >= 11 is 0. The van der Waals surface area contributed by atoms with Gasteiger partial charge in [0.05, 0.1) is 11.6 Å². The van der Waals surface area contributed by atoms with Crippen molar-refractivity contribution in [3.63, 3.8) is 0 Å². The normalized spacial score (nSPS) is 19.1. The van der Waals surface area contributed by atoms with Gasteiger partial charge in [-0.15, -0.1) is 0 Å². The van der Waals surface area contributed by atoms with Gasteiger partial charge in [-0.05, 0) is 49.2 Å². The number of para-hydroxylation sites is 1. The van der Waals surface area contributed by atoms with Crippen molar-refractivity contribution in [1.29, 1.82) is 0 Å². The number of likely N-dealkylation sites (tertiary alicyclic amines) is 1. The summed E-state index contributed by atoms with van der Waals surface area (Å²) in [5.74, 6) is -0.163. The lowest BCUT2D eigenvalue weighted by molar-refractivity contribution is -0.136. The molecule has 0 saturated carbocycles. The standard InChI is InChI=1S/C25H26FN5O3/c1-28-25(34)31(21-5-3-2-4-6-21)23(27-28)17-11-13-29(14-12-17)24(33)18-15-22(32)30(16-18)20-9-7-19(26)8-10-20/h2-10,17-18H,11-16H2,1H3. The minimum atomic E-state index is -0.411. The molecule has 2 saturated heterocycles. The first-order valence-corrected chi connectivity index (χ1v) is 11.5. The van der Waals surface area contributed by atoms with Crippen LogP contribution in [0.4, 0.5) is 10.1 Å². The third-order valence-electron chi connectivity index (χ3n) is 6.75. The number of hydrogen-bond donors (Lipinski definition) is 0. The Bertz CT molecular complexity index is 1260. The number of halogens is 1. The first kappa shape index (κ1) is 22.1. The SMILES string of the molecule is Cn1nc(C2CCN(C(=O)C3CC(=O)N(c4ccc(F)cc4)C3)CC2)n(-c2ccccc2)c1=O. The first-order valence-electron chi connectivity index (χ1n) is 11.5. The Morgan fingerprint density at radius 2 is 1.65 bits per heavy atom. The monoisotopic (exact) mass is 463 g/mol. The third kappa shape index (κ3) is 4.02. The van der Waals surface area contributed by atoms with E-state index in [4.69, 9.17) is 0 Å². The van der Waals surface area contributed by atoms with Crippen LogP contribution >= 0.6 is 0 Å². The van der Waals surface area contributed by atoms with E-state index in [0.29, 0.717) is 44.0 Å². The Hall–Kier alpha value is -3.75. The molecule has 1 unspecified atom stereocenters. The molecule has 2 aliphatic rings. The molecule has 1 atom stereocenters. The number of benzene rings is 2. The van der Waals surface area contributed by atoms with Gasteiger partial charge in [0.25, 0.3) is 0 Å². The molecule has 2 aliphatic heterocycles. The van der Waals surface area contributed by atoms with Gasteiger partial charge in [-0.3, -0.25) is 9.59 Å². The fourth-order valence-electron chi connectivity index (χ4n) is 4.93. The van der Waals surface area contributed by atoms with Crippen molar-refractivity contribution < 1.29 is 14.0 Å². The van der Waals surface area contributed by atoms with E-state index in [9.17, 15) is 18.8 Å². The quantitative estimate of drug-likeness (QED) is 0.596. The molecule has 8 nitrogen and oxygen atoms in total. The van der Waals surface area contributed by atoms with Gasteiger partial charge >= 0.3 is 5.69 Å². The van der Waals surface area contributed by atoms with E-state index < -0.39 is 5.92 Å². The number of aryl methyl sites for hydroxylation is 1. The number of rotatable bonds is 4. The zero-order chi connectivity index (χ0) is 23.8. The molecule has 2 amide bonds. The van der Waals surface area contributed by atoms with Crippen LogP contribution in [0.3, 0.4) is 0 Å². The summed E-state index contributed by atoms with van der Waals surface area (Å²) in [5, 5.41) is 4.50. The minimum absolute atomic E-state index is 0.0297. The highest BCUT2D eigenvalue weighted by Crippen LogP contribution is 2.31. The molecular weight excluding hydrogens is 437 g/mol. The summed E-state index contributed by atoms with van der Waals surface area (Å²) in [6, 6.07) is 15.2. The Morgan fingerprint density at radius 3 is 2.32 bits per heavy atom. The number of nitrogens with zero attached hydrogens (tertiary/aromatic N) is 5. The number of amides is 2. The summed E-state index contributed by atoms with van der Waals surface area (Å²) in [6.07, 6.45) is 1.54. The van der Waals surface area contributed by atoms with E-state index in [1.165, 1.54) is 16.8 Å². The summed E-state index contributed by atoms with van der Waals surface area (Å²) in [6.45, 7) is 1.39. The molecule has 2 aromatic carbocycles. The van der Waals surface area contributed by atoms with Gasteiger partial charge in [0.15, 0.2) is 0 Å². The van der Waals surface area contributed by atoms with Gasteiger partial charge < -0.3 is 9.80 Å². The zero-order valence-electron chi connectivity index (χ0n) is 18.9. The summed E-state index contributed by atoms with van der Waals surface area (Å²) in [7, 11) is 1.65. The Kier molecular flexibility index (Phi) is 5.77. The molecule has 0 bridgehead atoms. The van der Waals surface area contributed by atoms with Crippen LogP contribution in [0.5, 0.6) is 0 Å².